The van der Waals surface area contributed by atoms with Gasteiger partial charge < -0.3 is 5.11 Å². The molecule has 0 aliphatic carbocycles. The van der Waals surface area contributed by atoms with E-state index in [1.54, 1.807) is 11.3 Å². The highest BCUT2D eigenvalue weighted by Gasteiger charge is 2.33. The smallest absolute Gasteiger partial charge is 0.307 e. The van der Waals surface area contributed by atoms with Crippen LogP contribution in [0.3, 0.4) is 0 Å². The van der Waals surface area contributed by atoms with Crippen LogP contribution in [0.5, 0.6) is 0 Å². The molecule has 1 aliphatic heterocycles. The minimum absolute atomic E-state index is 0.122. The molecule has 0 spiro atoms. The standard InChI is InChI=1S/C20H19ClN2O2S/c21-15-8-2-1-7-14(15)18(23-11-5-6-13(12-23)20(24)25)19-22-16-9-3-4-10-17(16)26-19/h1-4,7-10,13,18H,5-6,11-12H2,(H,24,25). The van der Waals surface area contributed by atoms with Crippen molar-refractivity contribution < 1.29 is 9.90 Å². The van der Waals surface area contributed by atoms with E-state index in [9.17, 15) is 9.90 Å². The maximum atomic E-state index is 11.5. The van der Waals surface area contributed by atoms with Gasteiger partial charge in [-0.05, 0) is 43.1 Å². The molecule has 1 aliphatic rings. The van der Waals surface area contributed by atoms with Crippen LogP contribution in [0.4, 0.5) is 0 Å². The molecule has 1 saturated heterocycles. The molecular formula is C20H19ClN2O2S. The number of likely N-dealkylation sites (tertiary alicyclic amines) is 1. The van der Waals surface area contributed by atoms with Gasteiger partial charge in [0.05, 0.1) is 22.2 Å². The molecule has 2 unspecified atom stereocenters. The first-order valence-corrected chi connectivity index (χ1v) is 9.89. The SMILES string of the molecule is O=C(O)C1CCCN(C(c2nc3ccccc3s2)c2ccccc2Cl)C1. The summed E-state index contributed by atoms with van der Waals surface area (Å²) < 4.78 is 1.13. The lowest BCUT2D eigenvalue weighted by molar-refractivity contribution is -0.143. The van der Waals surface area contributed by atoms with Gasteiger partial charge >= 0.3 is 5.97 Å². The van der Waals surface area contributed by atoms with Gasteiger partial charge in [-0.15, -0.1) is 11.3 Å². The number of carbonyl (C=O) groups is 1. The number of para-hydroxylation sites is 1. The molecule has 26 heavy (non-hydrogen) atoms. The zero-order valence-electron chi connectivity index (χ0n) is 14.1. The van der Waals surface area contributed by atoms with Crippen LogP contribution in [0.15, 0.2) is 48.5 Å². The Bertz CT molecular complexity index is 909. The number of benzene rings is 2. The Kier molecular flexibility index (Phi) is 4.94. The molecule has 2 atom stereocenters. The van der Waals surface area contributed by atoms with Gasteiger partial charge in [0.25, 0.3) is 0 Å². The summed E-state index contributed by atoms with van der Waals surface area (Å²) in [5.74, 6) is -1.07. The van der Waals surface area contributed by atoms with Crippen molar-refractivity contribution in [3.8, 4) is 0 Å². The molecule has 1 fully saturated rings. The first kappa shape index (κ1) is 17.5. The van der Waals surface area contributed by atoms with Crippen LogP contribution in [-0.2, 0) is 4.79 Å². The molecule has 4 rings (SSSR count). The van der Waals surface area contributed by atoms with Gasteiger partial charge in [0, 0.05) is 11.6 Å². The quantitative estimate of drug-likeness (QED) is 0.697. The third-order valence-electron chi connectivity index (χ3n) is 4.91. The number of nitrogens with zero attached hydrogens (tertiary/aromatic N) is 2. The number of aromatic nitrogens is 1. The van der Waals surface area contributed by atoms with Crippen molar-refractivity contribution in [3.05, 3.63) is 64.1 Å². The van der Waals surface area contributed by atoms with Gasteiger partial charge in [-0.3, -0.25) is 9.69 Å². The Balaban J connectivity index is 1.79. The Morgan fingerprint density at radius 1 is 1.23 bits per heavy atom. The third kappa shape index (κ3) is 3.34. The maximum absolute atomic E-state index is 11.5. The minimum atomic E-state index is -0.725. The molecule has 0 bridgehead atoms. The predicted molar refractivity (Wildman–Crippen MR) is 105 cm³/mol. The van der Waals surface area contributed by atoms with Crippen LogP contribution in [0.1, 0.15) is 29.5 Å². The number of rotatable bonds is 4. The molecule has 134 valence electrons. The Hall–Kier alpha value is -1.95. The number of hydrogen-bond donors (Lipinski definition) is 1. The third-order valence-corrected chi connectivity index (χ3v) is 6.34. The summed E-state index contributed by atoms with van der Waals surface area (Å²) in [7, 11) is 0. The van der Waals surface area contributed by atoms with Crippen molar-refractivity contribution in [2.75, 3.05) is 13.1 Å². The molecule has 0 saturated carbocycles. The lowest BCUT2D eigenvalue weighted by atomic mass is 9.95. The largest absolute Gasteiger partial charge is 0.481 e. The number of halogens is 1. The molecule has 1 N–H and O–H groups in total. The number of carboxylic acids is 1. The van der Waals surface area contributed by atoms with Gasteiger partial charge in [0.1, 0.15) is 5.01 Å². The van der Waals surface area contributed by atoms with Crippen molar-refractivity contribution in [1.29, 1.82) is 0 Å². The summed E-state index contributed by atoms with van der Waals surface area (Å²) in [5, 5.41) is 11.1. The maximum Gasteiger partial charge on any atom is 0.307 e. The number of thiazole rings is 1. The topological polar surface area (TPSA) is 53.4 Å². The molecular weight excluding hydrogens is 368 g/mol. The molecule has 1 aromatic heterocycles. The van der Waals surface area contributed by atoms with E-state index < -0.39 is 5.97 Å². The number of carboxylic acid groups (broad SMARTS) is 1. The second kappa shape index (κ2) is 7.35. The molecule has 6 heteroatoms. The van der Waals surface area contributed by atoms with Crippen molar-refractivity contribution in [2.45, 2.75) is 18.9 Å². The average molecular weight is 387 g/mol. The highest BCUT2D eigenvalue weighted by molar-refractivity contribution is 7.18. The summed E-state index contributed by atoms with van der Waals surface area (Å²) in [6, 6.07) is 15.7. The fourth-order valence-electron chi connectivity index (χ4n) is 3.63. The Labute approximate surface area is 161 Å². The molecule has 0 radical (unpaired) electrons. The van der Waals surface area contributed by atoms with Crippen LogP contribution in [0, 0.1) is 5.92 Å². The van der Waals surface area contributed by atoms with E-state index in [1.807, 2.05) is 42.5 Å². The van der Waals surface area contributed by atoms with E-state index in [1.165, 1.54) is 0 Å². The van der Waals surface area contributed by atoms with Crippen LogP contribution >= 0.6 is 22.9 Å². The van der Waals surface area contributed by atoms with Gasteiger partial charge in [0.2, 0.25) is 0 Å². The summed E-state index contributed by atoms with van der Waals surface area (Å²) >= 11 is 8.17. The first-order valence-electron chi connectivity index (χ1n) is 8.70. The normalized spacial score (nSPS) is 19.5. The van der Waals surface area contributed by atoms with Gasteiger partial charge in [-0.2, -0.15) is 0 Å². The average Bonchev–Trinajstić information content (AvgIpc) is 3.07. The van der Waals surface area contributed by atoms with Crippen molar-refractivity contribution >= 4 is 39.1 Å². The number of hydrogen-bond acceptors (Lipinski definition) is 4. The summed E-state index contributed by atoms with van der Waals surface area (Å²) in [6.07, 6.45) is 1.59. The predicted octanol–water partition coefficient (Wildman–Crippen LogP) is 4.84. The first-order chi connectivity index (χ1) is 12.6. The second-order valence-corrected chi connectivity index (χ2v) is 8.09. The van der Waals surface area contributed by atoms with Crippen LogP contribution < -0.4 is 0 Å². The van der Waals surface area contributed by atoms with Crippen molar-refractivity contribution in [1.82, 2.24) is 9.88 Å². The van der Waals surface area contributed by atoms with Crippen LogP contribution in [-0.4, -0.2) is 34.0 Å². The van der Waals surface area contributed by atoms with Crippen molar-refractivity contribution in [2.24, 2.45) is 5.92 Å². The second-order valence-electron chi connectivity index (χ2n) is 6.62. The van der Waals surface area contributed by atoms with Crippen LogP contribution in [0.25, 0.3) is 10.2 Å². The van der Waals surface area contributed by atoms with Gasteiger partial charge in [0.15, 0.2) is 0 Å². The fourth-order valence-corrected chi connectivity index (χ4v) is 4.99. The highest BCUT2D eigenvalue weighted by atomic mass is 35.5. The number of fused-ring (bicyclic) bond motifs is 1. The summed E-state index contributed by atoms with van der Waals surface area (Å²) in [6.45, 7) is 1.36. The highest BCUT2D eigenvalue weighted by Crippen LogP contribution is 2.39. The summed E-state index contributed by atoms with van der Waals surface area (Å²) in [5.41, 5.74) is 1.95. The van der Waals surface area contributed by atoms with Gasteiger partial charge in [-0.25, -0.2) is 4.98 Å². The Morgan fingerprint density at radius 2 is 2.00 bits per heavy atom. The lowest BCUT2D eigenvalue weighted by Gasteiger charge is -2.36. The molecule has 2 aromatic carbocycles. The molecule has 3 aromatic rings. The summed E-state index contributed by atoms with van der Waals surface area (Å²) in [4.78, 5) is 18.6. The van der Waals surface area contributed by atoms with Crippen molar-refractivity contribution in [3.63, 3.8) is 0 Å². The fraction of sp³-hybridized carbons (Fsp3) is 0.300. The monoisotopic (exact) mass is 386 g/mol. The van der Waals surface area contributed by atoms with E-state index in [0.717, 1.165) is 40.2 Å². The minimum Gasteiger partial charge on any atom is -0.481 e. The van der Waals surface area contributed by atoms with E-state index in [-0.39, 0.29) is 12.0 Å². The molecule has 2 heterocycles. The molecule has 4 nitrogen and oxygen atoms in total. The molecule has 0 amide bonds. The van der Waals surface area contributed by atoms with E-state index in [0.29, 0.717) is 11.6 Å². The van der Waals surface area contributed by atoms with E-state index >= 15 is 0 Å². The van der Waals surface area contributed by atoms with Crippen LogP contribution in [0.2, 0.25) is 5.02 Å². The zero-order valence-corrected chi connectivity index (χ0v) is 15.7. The van der Waals surface area contributed by atoms with Gasteiger partial charge in [-0.1, -0.05) is 41.9 Å². The zero-order chi connectivity index (χ0) is 18.1. The number of piperidine rings is 1. The number of aliphatic carboxylic acids is 1. The van der Waals surface area contributed by atoms with E-state index in [4.69, 9.17) is 16.6 Å². The Morgan fingerprint density at radius 3 is 2.77 bits per heavy atom. The van der Waals surface area contributed by atoms with E-state index in [2.05, 4.69) is 11.0 Å². The lowest BCUT2D eigenvalue weighted by Crippen LogP contribution is -2.41.